The minimum Gasteiger partial charge on any atom is -0.390 e. The van der Waals surface area contributed by atoms with Crippen molar-refractivity contribution in [1.29, 1.82) is 0 Å². The predicted octanol–water partition coefficient (Wildman–Crippen LogP) is 7.89. The van der Waals surface area contributed by atoms with E-state index in [0.717, 1.165) is 36.5 Å². The smallest absolute Gasteiger partial charge is 0.0656 e. The number of aryl methyl sites for hydroxylation is 2. The highest BCUT2D eigenvalue weighted by atomic mass is 16.3. The van der Waals surface area contributed by atoms with Crippen LogP contribution < -0.4 is 0 Å². The number of hydrogen-bond donors (Lipinski definition) is 1. The second-order valence-electron chi connectivity index (χ2n) is 13.1. The molecule has 5 rings (SSSR count). The molecule has 1 aromatic rings. The molecule has 0 spiro atoms. The summed E-state index contributed by atoms with van der Waals surface area (Å²) in [6, 6.07) is 8.90. The van der Waals surface area contributed by atoms with E-state index in [9.17, 15) is 5.11 Å². The van der Waals surface area contributed by atoms with Gasteiger partial charge in [0.2, 0.25) is 0 Å². The third-order valence-electron chi connectivity index (χ3n) is 11.1. The van der Waals surface area contributed by atoms with Gasteiger partial charge in [0.15, 0.2) is 0 Å². The molecule has 3 fully saturated rings. The van der Waals surface area contributed by atoms with Crippen molar-refractivity contribution < 1.29 is 5.11 Å². The zero-order chi connectivity index (χ0) is 22.7. The van der Waals surface area contributed by atoms with E-state index in [-0.39, 0.29) is 0 Å². The maximum absolute atomic E-state index is 11.8. The molecule has 0 bridgehead atoms. The second kappa shape index (κ2) is 8.00. The Hall–Kier alpha value is -1.08. The van der Waals surface area contributed by atoms with Crippen molar-refractivity contribution in [1.82, 2.24) is 0 Å². The van der Waals surface area contributed by atoms with Gasteiger partial charge in [-0.1, -0.05) is 62.2 Å². The Kier molecular flexibility index (Phi) is 5.68. The maximum atomic E-state index is 11.8. The summed E-state index contributed by atoms with van der Waals surface area (Å²) in [5.41, 5.74) is 4.68. The molecule has 1 heteroatoms. The van der Waals surface area contributed by atoms with Gasteiger partial charge >= 0.3 is 0 Å². The zero-order valence-corrected chi connectivity index (χ0v) is 21.3. The summed E-state index contributed by atoms with van der Waals surface area (Å²) in [5, 5.41) is 11.8. The van der Waals surface area contributed by atoms with Gasteiger partial charge in [-0.3, -0.25) is 0 Å². The standard InChI is InChI=1S/C31H46O/c1-21-6-8-23(9-7-21)15-19-31(5,32)28-13-12-26-25-11-10-24-20-22(2)14-17-29(24,3)27(25)16-18-30(26,28)4/h6-10,22,25-28,32H,11-20H2,1-5H3/t22-,25-,26-,27-,28-,29-,30-,31+/m0/s1. The Bertz CT molecular complexity index is 863. The second-order valence-corrected chi connectivity index (χ2v) is 13.1. The van der Waals surface area contributed by atoms with Crippen LogP contribution in [0.25, 0.3) is 0 Å². The molecule has 0 radical (unpaired) electrons. The molecule has 4 aliphatic rings. The fourth-order valence-electron chi connectivity index (χ4n) is 9.19. The van der Waals surface area contributed by atoms with Crippen LogP contribution >= 0.6 is 0 Å². The fourth-order valence-corrected chi connectivity index (χ4v) is 9.19. The Morgan fingerprint density at radius 3 is 2.50 bits per heavy atom. The topological polar surface area (TPSA) is 20.2 Å². The van der Waals surface area contributed by atoms with Gasteiger partial charge in [-0.25, -0.2) is 0 Å². The zero-order valence-electron chi connectivity index (χ0n) is 21.3. The quantitative estimate of drug-likeness (QED) is 0.478. The molecular weight excluding hydrogens is 388 g/mol. The van der Waals surface area contributed by atoms with Crippen molar-refractivity contribution in [2.24, 2.45) is 40.4 Å². The van der Waals surface area contributed by atoms with Gasteiger partial charge in [-0.15, -0.1) is 0 Å². The summed E-state index contributed by atoms with van der Waals surface area (Å²) in [4.78, 5) is 0. The van der Waals surface area contributed by atoms with E-state index in [0.29, 0.717) is 16.7 Å². The van der Waals surface area contributed by atoms with E-state index in [1.165, 1.54) is 62.5 Å². The van der Waals surface area contributed by atoms with Gasteiger partial charge in [0.25, 0.3) is 0 Å². The molecule has 1 aromatic carbocycles. The van der Waals surface area contributed by atoms with E-state index in [4.69, 9.17) is 0 Å². The first kappa shape index (κ1) is 22.7. The lowest BCUT2D eigenvalue weighted by atomic mass is 9.46. The van der Waals surface area contributed by atoms with Gasteiger partial charge in [-0.2, -0.15) is 0 Å². The first-order valence-electron chi connectivity index (χ1n) is 13.6. The number of aliphatic hydroxyl groups is 1. The molecule has 0 unspecified atom stereocenters. The van der Waals surface area contributed by atoms with Crippen molar-refractivity contribution >= 4 is 0 Å². The Morgan fingerprint density at radius 1 is 1.00 bits per heavy atom. The average Bonchev–Trinajstić information content (AvgIpc) is 3.12. The lowest BCUT2D eigenvalue weighted by Gasteiger charge is -2.59. The molecule has 1 N–H and O–H groups in total. The average molecular weight is 435 g/mol. The van der Waals surface area contributed by atoms with Crippen LogP contribution in [0.4, 0.5) is 0 Å². The molecule has 8 atom stereocenters. The van der Waals surface area contributed by atoms with Gasteiger partial charge in [-0.05, 0) is 124 Å². The van der Waals surface area contributed by atoms with E-state index in [2.05, 4.69) is 65.0 Å². The van der Waals surface area contributed by atoms with Crippen molar-refractivity contribution in [2.75, 3.05) is 0 Å². The van der Waals surface area contributed by atoms with Crippen molar-refractivity contribution in [3.05, 3.63) is 47.0 Å². The summed E-state index contributed by atoms with van der Waals surface area (Å²) < 4.78 is 0. The molecule has 4 aliphatic carbocycles. The van der Waals surface area contributed by atoms with Gasteiger partial charge in [0, 0.05) is 0 Å². The Labute approximate surface area is 197 Å². The van der Waals surface area contributed by atoms with Crippen molar-refractivity contribution in [2.45, 2.75) is 104 Å². The summed E-state index contributed by atoms with van der Waals surface area (Å²) >= 11 is 0. The predicted molar refractivity (Wildman–Crippen MR) is 134 cm³/mol. The summed E-state index contributed by atoms with van der Waals surface area (Å²) in [6.07, 6.45) is 15.3. The first-order chi connectivity index (χ1) is 15.1. The van der Waals surface area contributed by atoms with Crippen molar-refractivity contribution in [3.8, 4) is 0 Å². The minimum atomic E-state index is -0.568. The number of benzene rings is 1. The highest BCUT2D eigenvalue weighted by Gasteiger charge is 2.61. The van der Waals surface area contributed by atoms with Crippen LogP contribution in [0.15, 0.2) is 35.9 Å². The van der Waals surface area contributed by atoms with E-state index >= 15 is 0 Å². The lowest BCUT2D eigenvalue weighted by Crippen LogP contribution is -2.52. The van der Waals surface area contributed by atoms with Crippen LogP contribution in [0, 0.1) is 47.3 Å². The van der Waals surface area contributed by atoms with Crippen LogP contribution in [0.5, 0.6) is 0 Å². The summed E-state index contributed by atoms with van der Waals surface area (Å²) in [5.74, 6) is 3.83. The molecular formula is C31H46O. The first-order valence-corrected chi connectivity index (χ1v) is 13.6. The van der Waals surface area contributed by atoms with Crippen LogP contribution in [0.1, 0.15) is 96.6 Å². The number of fused-ring (bicyclic) bond motifs is 5. The molecule has 0 amide bonds. The summed E-state index contributed by atoms with van der Waals surface area (Å²) in [6.45, 7) is 11.9. The van der Waals surface area contributed by atoms with Gasteiger partial charge in [0.05, 0.1) is 5.60 Å². The molecule has 0 saturated heterocycles. The molecule has 1 nitrogen and oxygen atoms in total. The third kappa shape index (κ3) is 3.62. The maximum Gasteiger partial charge on any atom is 0.0656 e. The highest BCUT2D eigenvalue weighted by molar-refractivity contribution is 5.26. The van der Waals surface area contributed by atoms with Crippen LogP contribution in [-0.4, -0.2) is 10.7 Å². The lowest BCUT2D eigenvalue weighted by molar-refractivity contribution is -0.103. The normalized spacial score (nSPS) is 42.9. The van der Waals surface area contributed by atoms with Crippen LogP contribution in [0.3, 0.4) is 0 Å². The summed E-state index contributed by atoms with van der Waals surface area (Å²) in [7, 11) is 0. The van der Waals surface area contributed by atoms with E-state index < -0.39 is 5.60 Å². The SMILES string of the molecule is Cc1ccc(CC[C@@](C)(O)[C@H]2CC[C@H]3[C@@H]4CC=C5C[C@@H](C)CC[C@]5(C)[C@H]4CC[C@@]32C)cc1. The van der Waals surface area contributed by atoms with Gasteiger partial charge < -0.3 is 5.11 Å². The minimum absolute atomic E-state index is 0.307. The number of hydrogen-bond acceptors (Lipinski definition) is 1. The van der Waals surface area contributed by atoms with Crippen molar-refractivity contribution in [3.63, 3.8) is 0 Å². The highest BCUT2D eigenvalue weighted by Crippen LogP contribution is 2.67. The fraction of sp³-hybridized carbons (Fsp3) is 0.742. The van der Waals surface area contributed by atoms with Crippen LogP contribution in [0.2, 0.25) is 0 Å². The van der Waals surface area contributed by atoms with E-state index in [1.807, 2.05) is 0 Å². The molecule has 0 aromatic heterocycles. The molecule has 0 heterocycles. The Balaban J connectivity index is 1.34. The number of rotatable bonds is 4. The molecule has 32 heavy (non-hydrogen) atoms. The Morgan fingerprint density at radius 2 is 1.75 bits per heavy atom. The van der Waals surface area contributed by atoms with E-state index in [1.54, 1.807) is 5.57 Å². The largest absolute Gasteiger partial charge is 0.390 e. The van der Waals surface area contributed by atoms with Crippen LogP contribution in [-0.2, 0) is 6.42 Å². The number of allylic oxidation sites excluding steroid dienone is 2. The monoisotopic (exact) mass is 434 g/mol. The third-order valence-corrected chi connectivity index (χ3v) is 11.1. The molecule has 3 saturated carbocycles. The van der Waals surface area contributed by atoms with Gasteiger partial charge in [0.1, 0.15) is 0 Å². The molecule has 176 valence electrons. The molecule has 0 aliphatic heterocycles.